The molecule has 1 heterocycles. The van der Waals surface area contributed by atoms with Crippen LogP contribution in [0.25, 0.3) is 0 Å². The first-order chi connectivity index (χ1) is 8.31. The summed E-state index contributed by atoms with van der Waals surface area (Å²) in [7, 11) is 0. The molecule has 2 aliphatic carbocycles. The number of pyridine rings is 1. The third kappa shape index (κ3) is 2.65. The molecule has 0 saturated heterocycles. The first kappa shape index (κ1) is 11.5. The second-order valence-corrected chi connectivity index (χ2v) is 6.41. The Morgan fingerprint density at radius 3 is 2.88 bits per heavy atom. The summed E-state index contributed by atoms with van der Waals surface area (Å²) in [6.45, 7) is 0. The van der Waals surface area contributed by atoms with Gasteiger partial charge in [-0.25, -0.2) is 0 Å². The number of halogens is 1. The standard InChI is InChI=1S/C15H20ClN/c16-14(10-15-3-1-2-6-17-15)9-13-8-11-4-5-12(13)7-11/h1-3,6,11-14H,4-5,7-10H2. The van der Waals surface area contributed by atoms with Gasteiger partial charge in [0.05, 0.1) is 0 Å². The third-order valence-corrected chi connectivity index (χ3v) is 4.93. The summed E-state index contributed by atoms with van der Waals surface area (Å²) in [5, 5.41) is 0.272. The van der Waals surface area contributed by atoms with E-state index < -0.39 is 0 Å². The first-order valence-corrected chi connectivity index (χ1v) is 7.29. The zero-order valence-corrected chi connectivity index (χ0v) is 10.9. The summed E-state index contributed by atoms with van der Waals surface area (Å²) < 4.78 is 0. The molecule has 2 aliphatic rings. The molecule has 2 heteroatoms. The molecular formula is C15H20ClN. The Kier molecular flexibility index (Phi) is 3.37. The molecule has 0 N–H and O–H groups in total. The molecule has 0 spiro atoms. The summed E-state index contributed by atoms with van der Waals surface area (Å²) in [5.41, 5.74) is 1.13. The van der Waals surface area contributed by atoms with Crippen molar-refractivity contribution in [3.63, 3.8) is 0 Å². The van der Waals surface area contributed by atoms with Crippen LogP contribution >= 0.6 is 11.6 Å². The molecule has 1 aromatic rings. The predicted molar refractivity (Wildman–Crippen MR) is 71.1 cm³/mol. The van der Waals surface area contributed by atoms with Crippen molar-refractivity contribution in [3.8, 4) is 0 Å². The van der Waals surface area contributed by atoms with Gasteiger partial charge in [0.25, 0.3) is 0 Å². The number of alkyl halides is 1. The van der Waals surface area contributed by atoms with Crippen molar-refractivity contribution in [2.45, 2.75) is 43.9 Å². The maximum Gasteiger partial charge on any atom is 0.0418 e. The Hall–Kier alpha value is -0.560. The molecule has 0 amide bonds. The minimum absolute atomic E-state index is 0.272. The average molecular weight is 250 g/mol. The lowest BCUT2D eigenvalue weighted by molar-refractivity contribution is 0.310. The van der Waals surface area contributed by atoms with Crippen molar-refractivity contribution >= 4 is 11.6 Å². The molecule has 3 rings (SSSR count). The van der Waals surface area contributed by atoms with Gasteiger partial charge in [0.15, 0.2) is 0 Å². The van der Waals surface area contributed by atoms with Crippen LogP contribution in [0.4, 0.5) is 0 Å². The highest BCUT2D eigenvalue weighted by atomic mass is 35.5. The molecule has 2 bridgehead atoms. The van der Waals surface area contributed by atoms with Gasteiger partial charge >= 0.3 is 0 Å². The molecule has 4 unspecified atom stereocenters. The average Bonchev–Trinajstić information content (AvgIpc) is 2.92. The van der Waals surface area contributed by atoms with Crippen molar-refractivity contribution in [2.24, 2.45) is 17.8 Å². The largest absolute Gasteiger partial charge is 0.261 e. The fourth-order valence-corrected chi connectivity index (χ4v) is 4.21. The second-order valence-electron chi connectivity index (χ2n) is 5.79. The van der Waals surface area contributed by atoms with Gasteiger partial charge in [-0.2, -0.15) is 0 Å². The molecule has 0 radical (unpaired) electrons. The van der Waals surface area contributed by atoms with Gasteiger partial charge < -0.3 is 0 Å². The Labute approximate surface area is 109 Å². The summed E-state index contributed by atoms with van der Waals surface area (Å²) in [6.07, 6.45) is 9.84. The fraction of sp³-hybridized carbons (Fsp3) is 0.667. The number of rotatable bonds is 4. The maximum atomic E-state index is 6.49. The van der Waals surface area contributed by atoms with Crippen molar-refractivity contribution < 1.29 is 0 Å². The van der Waals surface area contributed by atoms with Crippen LogP contribution in [-0.2, 0) is 6.42 Å². The normalized spacial score (nSPS) is 32.9. The molecule has 1 nitrogen and oxygen atoms in total. The zero-order chi connectivity index (χ0) is 11.7. The van der Waals surface area contributed by atoms with Crippen LogP contribution in [0.15, 0.2) is 24.4 Å². The van der Waals surface area contributed by atoms with Gasteiger partial charge in [-0.05, 0) is 55.6 Å². The van der Waals surface area contributed by atoms with E-state index in [0.717, 1.165) is 29.9 Å². The van der Waals surface area contributed by atoms with Gasteiger partial charge in [-0.3, -0.25) is 4.98 Å². The Bertz CT molecular complexity index is 364. The SMILES string of the molecule is ClC(Cc1ccccn1)CC1CC2CCC1C2. The smallest absolute Gasteiger partial charge is 0.0418 e. The highest BCUT2D eigenvalue weighted by Crippen LogP contribution is 2.50. The maximum absolute atomic E-state index is 6.49. The van der Waals surface area contributed by atoms with Crippen LogP contribution in [0.5, 0.6) is 0 Å². The number of nitrogens with zero attached hydrogens (tertiary/aromatic N) is 1. The lowest BCUT2D eigenvalue weighted by atomic mass is 9.85. The molecule has 17 heavy (non-hydrogen) atoms. The van der Waals surface area contributed by atoms with Gasteiger partial charge in [0.1, 0.15) is 0 Å². The van der Waals surface area contributed by atoms with E-state index in [1.54, 1.807) is 0 Å². The lowest BCUT2D eigenvalue weighted by Gasteiger charge is -2.23. The predicted octanol–water partition coefficient (Wildman–Crippen LogP) is 4.06. The van der Waals surface area contributed by atoms with E-state index in [9.17, 15) is 0 Å². The van der Waals surface area contributed by atoms with Crippen molar-refractivity contribution in [2.75, 3.05) is 0 Å². The quantitative estimate of drug-likeness (QED) is 0.734. The van der Waals surface area contributed by atoms with E-state index in [1.807, 2.05) is 18.3 Å². The van der Waals surface area contributed by atoms with E-state index in [2.05, 4.69) is 11.1 Å². The molecule has 4 atom stereocenters. The third-order valence-electron chi connectivity index (χ3n) is 4.60. The van der Waals surface area contributed by atoms with Gasteiger partial charge in [-0.15, -0.1) is 11.6 Å². The molecule has 0 aliphatic heterocycles. The molecule has 2 fully saturated rings. The summed E-state index contributed by atoms with van der Waals surface area (Å²) in [5.74, 6) is 2.92. The Balaban J connectivity index is 1.52. The second kappa shape index (κ2) is 4.97. The van der Waals surface area contributed by atoms with E-state index in [0.29, 0.717) is 0 Å². The van der Waals surface area contributed by atoms with E-state index >= 15 is 0 Å². The van der Waals surface area contributed by atoms with Crippen LogP contribution in [-0.4, -0.2) is 10.4 Å². The topological polar surface area (TPSA) is 12.9 Å². The molecule has 0 aromatic carbocycles. The summed E-state index contributed by atoms with van der Waals surface area (Å²) in [6, 6.07) is 6.09. The van der Waals surface area contributed by atoms with Crippen LogP contribution in [0.2, 0.25) is 0 Å². The van der Waals surface area contributed by atoms with E-state index in [-0.39, 0.29) is 5.38 Å². The molecular weight excluding hydrogens is 230 g/mol. The lowest BCUT2D eigenvalue weighted by Crippen LogP contribution is -2.17. The van der Waals surface area contributed by atoms with E-state index in [1.165, 1.54) is 32.1 Å². The minimum atomic E-state index is 0.272. The zero-order valence-electron chi connectivity index (χ0n) is 10.2. The molecule has 2 saturated carbocycles. The minimum Gasteiger partial charge on any atom is -0.261 e. The van der Waals surface area contributed by atoms with Crippen molar-refractivity contribution in [3.05, 3.63) is 30.1 Å². The Morgan fingerprint density at radius 1 is 1.29 bits per heavy atom. The Morgan fingerprint density at radius 2 is 2.24 bits per heavy atom. The first-order valence-electron chi connectivity index (χ1n) is 6.85. The highest BCUT2D eigenvalue weighted by molar-refractivity contribution is 6.20. The van der Waals surface area contributed by atoms with Crippen LogP contribution in [0.3, 0.4) is 0 Å². The summed E-state index contributed by atoms with van der Waals surface area (Å²) in [4.78, 5) is 4.36. The van der Waals surface area contributed by atoms with Gasteiger partial charge in [0, 0.05) is 23.7 Å². The highest BCUT2D eigenvalue weighted by Gasteiger charge is 2.39. The summed E-state index contributed by atoms with van der Waals surface area (Å²) >= 11 is 6.49. The fourth-order valence-electron chi connectivity index (χ4n) is 3.82. The number of hydrogen-bond acceptors (Lipinski definition) is 1. The molecule has 92 valence electrons. The van der Waals surface area contributed by atoms with Crippen molar-refractivity contribution in [1.82, 2.24) is 4.98 Å². The number of hydrogen-bond donors (Lipinski definition) is 0. The number of aromatic nitrogens is 1. The molecule has 1 aromatic heterocycles. The monoisotopic (exact) mass is 249 g/mol. The van der Waals surface area contributed by atoms with Crippen molar-refractivity contribution in [1.29, 1.82) is 0 Å². The number of fused-ring (bicyclic) bond motifs is 2. The van der Waals surface area contributed by atoms with E-state index in [4.69, 9.17) is 11.6 Å². The van der Waals surface area contributed by atoms with Gasteiger partial charge in [-0.1, -0.05) is 12.5 Å². The van der Waals surface area contributed by atoms with Gasteiger partial charge in [0.2, 0.25) is 0 Å². The van der Waals surface area contributed by atoms with Crippen LogP contribution < -0.4 is 0 Å². The van der Waals surface area contributed by atoms with Crippen LogP contribution in [0.1, 0.15) is 37.8 Å². The van der Waals surface area contributed by atoms with Crippen LogP contribution in [0, 0.1) is 17.8 Å².